The maximum absolute atomic E-state index is 5.18. The second-order valence-electron chi connectivity index (χ2n) is 2.21. The molecule has 0 spiro atoms. The smallest absolute Gasteiger partial charge is 0.210 e. The van der Waals surface area contributed by atoms with Gasteiger partial charge in [-0.05, 0) is 6.20 Å². The Morgan fingerprint density at radius 2 is 2.64 bits per heavy atom. The summed E-state index contributed by atoms with van der Waals surface area (Å²) < 4.78 is 10.2. The second-order valence-corrected chi connectivity index (χ2v) is 2.21. The van der Waals surface area contributed by atoms with E-state index in [4.69, 9.17) is 15.2 Å². The molecule has 0 fully saturated rings. The van der Waals surface area contributed by atoms with Crippen molar-refractivity contribution in [2.24, 2.45) is 10.7 Å². The summed E-state index contributed by atoms with van der Waals surface area (Å²) in [5.41, 5.74) is 5.15. The Labute approximate surface area is 65.7 Å². The number of hydrogen-bond donors (Lipinski definition) is 1. The minimum Gasteiger partial charge on any atom is -0.475 e. The van der Waals surface area contributed by atoms with Crippen LogP contribution in [0.15, 0.2) is 17.3 Å². The van der Waals surface area contributed by atoms with Gasteiger partial charge in [-0.3, -0.25) is 0 Å². The molecule has 2 N–H and O–H groups in total. The molecular weight excluding hydrogens is 144 g/mol. The number of rotatable bonds is 2. The van der Waals surface area contributed by atoms with Gasteiger partial charge in [-0.25, -0.2) is 4.99 Å². The van der Waals surface area contributed by atoms with Crippen molar-refractivity contribution in [3.63, 3.8) is 0 Å². The Morgan fingerprint density at radius 1 is 1.82 bits per heavy atom. The molecule has 0 unspecified atom stereocenters. The van der Waals surface area contributed by atoms with Crippen LogP contribution < -0.4 is 5.73 Å². The fourth-order valence-electron chi connectivity index (χ4n) is 0.794. The summed E-state index contributed by atoms with van der Waals surface area (Å²) in [5, 5.41) is 0. The lowest BCUT2D eigenvalue weighted by molar-refractivity contribution is 0.0509. The molecule has 0 aromatic heterocycles. The van der Waals surface area contributed by atoms with Crippen molar-refractivity contribution in [3.8, 4) is 0 Å². The Hall–Kier alpha value is -1.03. The van der Waals surface area contributed by atoms with Gasteiger partial charge in [0.1, 0.15) is 12.7 Å². The van der Waals surface area contributed by atoms with E-state index in [0.717, 1.165) is 0 Å². The summed E-state index contributed by atoms with van der Waals surface area (Å²) >= 11 is 0. The van der Waals surface area contributed by atoms with Crippen molar-refractivity contribution in [2.45, 2.75) is 6.10 Å². The van der Waals surface area contributed by atoms with E-state index in [9.17, 15) is 0 Å². The van der Waals surface area contributed by atoms with Crippen LogP contribution in [0.25, 0.3) is 0 Å². The largest absolute Gasteiger partial charge is 0.475 e. The van der Waals surface area contributed by atoms with E-state index in [2.05, 4.69) is 4.99 Å². The van der Waals surface area contributed by atoms with Crippen LogP contribution in [0.4, 0.5) is 0 Å². The van der Waals surface area contributed by atoms with Gasteiger partial charge >= 0.3 is 0 Å². The van der Waals surface area contributed by atoms with Crippen LogP contribution in [0.5, 0.6) is 0 Å². The van der Waals surface area contributed by atoms with Crippen molar-refractivity contribution in [2.75, 3.05) is 20.3 Å². The first-order chi connectivity index (χ1) is 5.36. The van der Waals surface area contributed by atoms with Gasteiger partial charge in [-0.15, -0.1) is 0 Å². The molecule has 0 aliphatic carbocycles. The molecule has 0 aromatic carbocycles. The molecule has 1 atom stereocenters. The van der Waals surface area contributed by atoms with Crippen LogP contribution in [0.1, 0.15) is 0 Å². The Kier molecular flexibility index (Phi) is 2.92. The van der Waals surface area contributed by atoms with Crippen molar-refractivity contribution in [1.82, 2.24) is 0 Å². The highest BCUT2D eigenvalue weighted by molar-refractivity contribution is 5.87. The highest BCUT2D eigenvalue weighted by Crippen LogP contribution is 2.01. The average molecular weight is 156 g/mol. The van der Waals surface area contributed by atoms with Gasteiger partial charge in [0.15, 0.2) is 0 Å². The summed E-state index contributed by atoms with van der Waals surface area (Å²) in [6.45, 7) is 1.20. The third-order valence-electron chi connectivity index (χ3n) is 1.44. The third kappa shape index (κ3) is 2.23. The summed E-state index contributed by atoms with van der Waals surface area (Å²) in [5.74, 6) is 0.584. The predicted molar refractivity (Wildman–Crippen MR) is 42.4 cm³/mol. The minimum atomic E-state index is 0.0879. The molecule has 1 rings (SSSR count). The molecular formula is C7H12N2O2. The molecule has 11 heavy (non-hydrogen) atoms. The normalized spacial score (nSPS) is 24.8. The SMILES string of the molecule is CO[C@H]1CN=C(C=CN)OC1. The summed E-state index contributed by atoms with van der Waals surface area (Å²) in [6, 6.07) is 0. The zero-order chi connectivity index (χ0) is 8.10. The first-order valence-electron chi connectivity index (χ1n) is 3.45. The molecule has 0 saturated carbocycles. The quantitative estimate of drug-likeness (QED) is 0.607. The number of nitrogens with two attached hydrogens (primary N) is 1. The maximum atomic E-state index is 5.18. The maximum Gasteiger partial charge on any atom is 0.210 e. The fourth-order valence-corrected chi connectivity index (χ4v) is 0.794. The molecule has 1 aliphatic rings. The predicted octanol–water partition coefficient (Wildman–Crippen LogP) is -0.0975. The lowest BCUT2D eigenvalue weighted by Crippen LogP contribution is -2.28. The number of aliphatic imine (C=N–C) groups is 1. The van der Waals surface area contributed by atoms with Crippen molar-refractivity contribution < 1.29 is 9.47 Å². The topological polar surface area (TPSA) is 56.8 Å². The standard InChI is InChI=1S/C7H12N2O2/c1-10-6-4-9-7(2-3-8)11-5-6/h2-3,6H,4-5,8H2,1H3/t6-/m0/s1. The number of ether oxygens (including phenoxy) is 2. The first kappa shape index (κ1) is 8.07. The summed E-state index contributed by atoms with van der Waals surface area (Å²) in [6.07, 6.45) is 3.13. The minimum absolute atomic E-state index is 0.0879. The van der Waals surface area contributed by atoms with Crippen LogP contribution >= 0.6 is 0 Å². The van der Waals surface area contributed by atoms with E-state index >= 15 is 0 Å². The van der Waals surface area contributed by atoms with Gasteiger partial charge in [0.05, 0.1) is 6.54 Å². The van der Waals surface area contributed by atoms with Gasteiger partial charge in [-0.2, -0.15) is 0 Å². The van der Waals surface area contributed by atoms with Crippen molar-refractivity contribution in [3.05, 3.63) is 12.3 Å². The van der Waals surface area contributed by atoms with Crippen LogP contribution in [0.3, 0.4) is 0 Å². The summed E-state index contributed by atoms with van der Waals surface area (Å²) in [7, 11) is 1.65. The number of nitrogens with zero attached hydrogens (tertiary/aromatic N) is 1. The fraction of sp³-hybridized carbons (Fsp3) is 0.571. The molecule has 1 heterocycles. The molecule has 4 nitrogen and oxygen atoms in total. The van der Waals surface area contributed by atoms with E-state index in [1.54, 1.807) is 13.2 Å². The van der Waals surface area contributed by atoms with E-state index < -0.39 is 0 Å². The van der Waals surface area contributed by atoms with Crippen LogP contribution in [0, 0.1) is 0 Å². The van der Waals surface area contributed by atoms with E-state index in [1.807, 2.05) is 0 Å². The lowest BCUT2D eigenvalue weighted by Gasteiger charge is -2.18. The Bertz CT molecular complexity index is 177. The zero-order valence-corrected chi connectivity index (χ0v) is 6.49. The molecule has 0 radical (unpaired) electrons. The molecule has 4 heteroatoms. The second kappa shape index (κ2) is 3.98. The van der Waals surface area contributed by atoms with E-state index in [0.29, 0.717) is 19.0 Å². The molecule has 0 saturated heterocycles. The highest BCUT2D eigenvalue weighted by Gasteiger charge is 2.13. The monoisotopic (exact) mass is 156 g/mol. The van der Waals surface area contributed by atoms with Crippen molar-refractivity contribution in [1.29, 1.82) is 0 Å². The van der Waals surface area contributed by atoms with Crippen LogP contribution in [0.2, 0.25) is 0 Å². The van der Waals surface area contributed by atoms with Gasteiger partial charge in [0.25, 0.3) is 0 Å². The van der Waals surface area contributed by atoms with Gasteiger partial charge in [-0.1, -0.05) is 0 Å². The molecule has 0 bridgehead atoms. The highest BCUT2D eigenvalue weighted by atomic mass is 16.5. The Morgan fingerprint density at radius 3 is 3.09 bits per heavy atom. The first-order valence-corrected chi connectivity index (χ1v) is 3.45. The lowest BCUT2D eigenvalue weighted by atomic mass is 10.3. The third-order valence-corrected chi connectivity index (χ3v) is 1.44. The van der Waals surface area contributed by atoms with Gasteiger partial charge in [0.2, 0.25) is 5.90 Å². The van der Waals surface area contributed by atoms with Crippen LogP contribution in [-0.4, -0.2) is 32.3 Å². The Balaban J connectivity index is 2.43. The molecule has 0 amide bonds. The molecule has 1 aliphatic heterocycles. The average Bonchev–Trinajstić information content (AvgIpc) is 2.07. The molecule has 62 valence electrons. The molecule has 0 aromatic rings. The summed E-state index contributed by atoms with van der Waals surface area (Å²) in [4.78, 5) is 4.07. The zero-order valence-electron chi connectivity index (χ0n) is 6.49. The van der Waals surface area contributed by atoms with Gasteiger partial charge < -0.3 is 15.2 Å². The van der Waals surface area contributed by atoms with Gasteiger partial charge in [0, 0.05) is 13.2 Å². The number of hydrogen-bond acceptors (Lipinski definition) is 4. The van der Waals surface area contributed by atoms with E-state index in [1.165, 1.54) is 6.20 Å². The van der Waals surface area contributed by atoms with Crippen molar-refractivity contribution >= 4 is 5.90 Å². The number of methoxy groups -OCH3 is 1. The van der Waals surface area contributed by atoms with Crippen LogP contribution in [-0.2, 0) is 9.47 Å². The van der Waals surface area contributed by atoms with E-state index in [-0.39, 0.29) is 6.10 Å².